The molecule has 0 aromatic heterocycles. The van der Waals surface area contributed by atoms with Crippen LogP contribution in [0.3, 0.4) is 0 Å². The normalized spacial score (nSPS) is 13.6. The van der Waals surface area contributed by atoms with Crippen molar-refractivity contribution in [3.63, 3.8) is 0 Å². The lowest BCUT2D eigenvalue weighted by molar-refractivity contribution is 0.497. The lowest BCUT2D eigenvalue weighted by Crippen LogP contribution is -1.94. The summed E-state index contributed by atoms with van der Waals surface area (Å²) in [7, 11) is 0. The van der Waals surface area contributed by atoms with Gasteiger partial charge in [-0.3, -0.25) is 0 Å². The van der Waals surface area contributed by atoms with Crippen molar-refractivity contribution < 1.29 is 8.78 Å². The number of hydrogen-bond acceptors (Lipinski definition) is 0. The van der Waals surface area contributed by atoms with Crippen LogP contribution in [-0.2, 0) is 6.42 Å². The molecule has 1 aliphatic rings. The molecule has 0 spiro atoms. The van der Waals surface area contributed by atoms with Gasteiger partial charge in [0.05, 0.1) is 4.47 Å². The second-order valence-corrected chi connectivity index (χ2v) is 3.51. The Morgan fingerprint density at radius 1 is 1.25 bits per heavy atom. The van der Waals surface area contributed by atoms with Crippen LogP contribution in [0.5, 0.6) is 0 Å². The van der Waals surface area contributed by atoms with E-state index in [0.29, 0.717) is 12.0 Å². The van der Waals surface area contributed by atoms with Crippen molar-refractivity contribution in [1.29, 1.82) is 0 Å². The SMILES string of the molecule is Fc1c(Br)cc2c(c1F)CC=C2. The molecule has 0 heterocycles. The van der Waals surface area contributed by atoms with Crippen LogP contribution in [0, 0.1) is 11.6 Å². The highest BCUT2D eigenvalue weighted by Crippen LogP contribution is 2.29. The van der Waals surface area contributed by atoms with Crippen molar-refractivity contribution in [2.75, 3.05) is 0 Å². The fraction of sp³-hybridized carbons (Fsp3) is 0.111. The predicted octanol–water partition coefficient (Wildman–Crippen LogP) is 3.30. The summed E-state index contributed by atoms with van der Waals surface area (Å²) in [6.45, 7) is 0. The van der Waals surface area contributed by atoms with Crippen LogP contribution in [0.4, 0.5) is 8.78 Å². The van der Waals surface area contributed by atoms with Gasteiger partial charge in [-0.15, -0.1) is 0 Å². The topological polar surface area (TPSA) is 0 Å². The highest BCUT2D eigenvalue weighted by Gasteiger charge is 2.17. The Morgan fingerprint density at radius 2 is 2.00 bits per heavy atom. The number of fused-ring (bicyclic) bond motifs is 1. The molecule has 0 atom stereocenters. The summed E-state index contributed by atoms with van der Waals surface area (Å²) in [6, 6.07) is 1.59. The lowest BCUT2D eigenvalue weighted by Gasteiger charge is -2.03. The fourth-order valence-corrected chi connectivity index (χ4v) is 1.73. The molecule has 2 rings (SSSR count). The Morgan fingerprint density at radius 3 is 2.75 bits per heavy atom. The molecule has 1 aromatic carbocycles. The smallest absolute Gasteiger partial charge is 0.173 e. The standard InChI is InChI=1S/C9H5BrF2/c10-7-4-5-2-1-3-6(5)8(11)9(7)12/h1-2,4H,3H2. The maximum Gasteiger partial charge on any atom is 0.173 e. The molecule has 0 saturated heterocycles. The Kier molecular flexibility index (Phi) is 1.76. The number of rotatable bonds is 0. The summed E-state index contributed by atoms with van der Waals surface area (Å²) < 4.78 is 26.2. The van der Waals surface area contributed by atoms with E-state index in [0.717, 1.165) is 5.56 Å². The Bertz CT molecular complexity index is 369. The van der Waals surface area contributed by atoms with Gasteiger partial charge < -0.3 is 0 Å². The molecular weight excluding hydrogens is 226 g/mol. The van der Waals surface area contributed by atoms with E-state index >= 15 is 0 Å². The van der Waals surface area contributed by atoms with Gasteiger partial charge in [-0.2, -0.15) is 0 Å². The number of halogens is 3. The first-order valence-corrected chi connectivity index (χ1v) is 4.32. The second-order valence-electron chi connectivity index (χ2n) is 2.66. The molecule has 0 amide bonds. The summed E-state index contributed by atoms with van der Waals surface area (Å²) in [5.41, 5.74) is 1.22. The third kappa shape index (κ3) is 1.00. The Hall–Kier alpha value is -0.700. The molecule has 0 bridgehead atoms. The van der Waals surface area contributed by atoms with E-state index in [2.05, 4.69) is 15.9 Å². The zero-order chi connectivity index (χ0) is 8.72. The van der Waals surface area contributed by atoms with Crippen molar-refractivity contribution >= 4 is 22.0 Å². The van der Waals surface area contributed by atoms with Gasteiger partial charge >= 0.3 is 0 Å². The minimum absolute atomic E-state index is 0.185. The van der Waals surface area contributed by atoms with E-state index < -0.39 is 11.6 Å². The van der Waals surface area contributed by atoms with Crippen LogP contribution in [0.15, 0.2) is 16.6 Å². The minimum atomic E-state index is -0.794. The van der Waals surface area contributed by atoms with E-state index in [1.807, 2.05) is 6.08 Å². The van der Waals surface area contributed by atoms with Gasteiger partial charge in [0.1, 0.15) is 0 Å². The van der Waals surface area contributed by atoms with E-state index in [9.17, 15) is 8.78 Å². The first-order chi connectivity index (χ1) is 5.70. The zero-order valence-electron chi connectivity index (χ0n) is 6.07. The molecule has 0 N–H and O–H groups in total. The molecule has 62 valence electrons. The first-order valence-electron chi connectivity index (χ1n) is 3.53. The Labute approximate surface area is 77.0 Å². The molecule has 0 nitrogen and oxygen atoms in total. The molecule has 3 heteroatoms. The molecule has 0 unspecified atom stereocenters. The molecule has 0 aliphatic heterocycles. The molecule has 0 fully saturated rings. The molecule has 1 aliphatic carbocycles. The summed E-state index contributed by atoms with van der Waals surface area (Å²) in [4.78, 5) is 0. The largest absolute Gasteiger partial charge is 0.203 e. The highest BCUT2D eigenvalue weighted by molar-refractivity contribution is 9.10. The molecule has 12 heavy (non-hydrogen) atoms. The zero-order valence-corrected chi connectivity index (χ0v) is 7.66. The van der Waals surface area contributed by atoms with E-state index in [1.165, 1.54) is 0 Å². The quantitative estimate of drug-likeness (QED) is 0.601. The highest BCUT2D eigenvalue weighted by atomic mass is 79.9. The lowest BCUT2D eigenvalue weighted by atomic mass is 10.1. The maximum atomic E-state index is 13.1. The molecule has 0 radical (unpaired) electrons. The van der Waals surface area contributed by atoms with Crippen LogP contribution in [-0.4, -0.2) is 0 Å². The van der Waals surface area contributed by atoms with Crippen LogP contribution in [0.25, 0.3) is 6.08 Å². The number of benzene rings is 1. The predicted molar refractivity (Wildman–Crippen MR) is 46.8 cm³/mol. The molecule has 0 saturated carbocycles. The molecular formula is C9H5BrF2. The van der Waals surface area contributed by atoms with E-state index in [-0.39, 0.29) is 4.47 Å². The van der Waals surface area contributed by atoms with Gasteiger partial charge in [0, 0.05) is 5.56 Å². The summed E-state index contributed by atoms with van der Waals surface area (Å²) in [6.07, 6.45) is 4.10. The second kappa shape index (κ2) is 2.66. The van der Waals surface area contributed by atoms with Crippen molar-refractivity contribution in [3.05, 3.63) is 39.4 Å². The Balaban J connectivity index is 2.72. The van der Waals surface area contributed by atoms with Crippen LogP contribution in [0.2, 0.25) is 0 Å². The number of hydrogen-bond donors (Lipinski definition) is 0. The summed E-state index contributed by atoms with van der Waals surface area (Å²) in [5, 5.41) is 0. The van der Waals surface area contributed by atoms with Crippen molar-refractivity contribution in [3.8, 4) is 0 Å². The van der Waals surface area contributed by atoms with Gasteiger partial charge in [0.2, 0.25) is 0 Å². The van der Waals surface area contributed by atoms with Gasteiger partial charge in [0.25, 0.3) is 0 Å². The van der Waals surface area contributed by atoms with Crippen molar-refractivity contribution in [2.24, 2.45) is 0 Å². The summed E-state index contributed by atoms with van der Waals surface area (Å²) in [5.74, 6) is -1.53. The van der Waals surface area contributed by atoms with Crippen LogP contribution in [0.1, 0.15) is 11.1 Å². The average molecular weight is 231 g/mol. The molecule has 1 aromatic rings. The van der Waals surface area contributed by atoms with Gasteiger partial charge in [0.15, 0.2) is 11.6 Å². The van der Waals surface area contributed by atoms with Gasteiger partial charge in [-0.05, 0) is 34.0 Å². The minimum Gasteiger partial charge on any atom is -0.203 e. The third-order valence-electron chi connectivity index (χ3n) is 1.92. The maximum absolute atomic E-state index is 13.1. The van der Waals surface area contributed by atoms with E-state index in [1.54, 1.807) is 12.1 Å². The van der Waals surface area contributed by atoms with Crippen LogP contribution < -0.4 is 0 Å². The van der Waals surface area contributed by atoms with Crippen molar-refractivity contribution in [1.82, 2.24) is 0 Å². The number of allylic oxidation sites excluding steroid dienone is 1. The van der Waals surface area contributed by atoms with Gasteiger partial charge in [-0.25, -0.2) is 8.78 Å². The average Bonchev–Trinajstić information content (AvgIpc) is 2.48. The fourth-order valence-electron chi connectivity index (χ4n) is 1.31. The van der Waals surface area contributed by atoms with E-state index in [4.69, 9.17) is 0 Å². The summed E-state index contributed by atoms with van der Waals surface area (Å²) >= 11 is 2.95. The van der Waals surface area contributed by atoms with Crippen molar-refractivity contribution in [2.45, 2.75) is 6.42 Å². The van der Waals surface area contributed by atoms with Gasteiger partial charge in [-0.1, -0.05) is 12.2 Å². The van der Waals surface area contributed by atoms with Crippen LogP contribution >= 0.6 is 15.9 Å². The monoisotopic (exact) mass is 230 g/mol. The first kappa shape index (κ1) is 7.92. The third-order valence-corrected chi connectivity index (χ3v) is 2.49.